The third kappa shape index (κ3) is 3.39. The van der Waals surface area contributed by atoms with E-state index in [9.17, 15) is 18.0 Å². The number of halogens is 3. The van der Waals surface area contributed by atoms with E-state index >= 15 is 0 Å². The first-order valence-corrected chi connectivity index (χ1v) is 6.86. The fourth-order valence-corrected chi connectivity index (χ4v) is 2.26. The summed E-state index contributed by atoms with van der Waals surface area (Å²) in [6.07, 6.45) is 1.55. The van der Waals surface area contributed by atoms with Gasteiger partial charge in [0.2, 0.25) is 11.1 Å². The lowest BCUT2D eigenvalue weighted by Gasteiger charge is -2.13. The number of hydrogen-bond donors (Lipinski definition) is 2. The van der Waals surface area contributed by atoms with Crippen molar-refractivity contribution >= 4 is 23.6 Å². The van der Waals surface area contributed by atoms with Crippen LogP contribution in [0.25, 0.3) is 0 Å². The van der Waals surface area contributed by atoms with Crippen molar-refractivity contribution in [1.29, 1.82) is 0 Å². The minimum absolute atomic E-state index is 0.127. The molecule has 0 saturated heterocycles. The van der Waals surface area contributed by atoms with E-state index in [0.29, 0.717) is 25.6 Å². The van der Waals surface area contributed by atoms with Gasteiger partial charge in [0.1, 0.15) is 18.1 Å². The highest BCUT2D eigenvalue weighted by atomic mass is 32.2. The van der Waals surface area contributed by atoms with Crippen LogP contribution >= 0.6 is 11.8 Å². The number of thioether (sulfide) groups is 1. The Labute approximate surface area is 125 Å². The average Bonchev–Trinajstić information content (AvgIpc) is 3.03. The lowest BCUT2D eigenvalue weighted by molar-refractivity contribution is -0.0330. The summed E-state index contributed by atoms with van der Waals surface area (Å²) in [5.41, 5.74) is -4.37. The Morgan fingerprint density at radius 2 is 2.27 bits per heavy atom. The van der Waals surface area contributed by atoms with E-state index in [0.717, 1.165) is 0 Å². The van der Waals surface area contributed by atoms with Crippen LogP contribution in [0.5, 0.6) is 0 Å². The molecular formula is C10H9F3N6O2S. The molecule has 2 aromatic heterocycles. The number of rotatable bonds is 3. The van der Waals surface area contributed by atoms with Gasteiger partial charge in [0.15, 0.2) is 0 Å². The molecule has 0 bridgehead atoms. The lowest BCUT2D eigenvalue weighted by atomic mass is 10.4. The number of nitrogens with zero attached hydrogens (tertiary/aromatic N) is 4. The zero-order valence-electron chi connectivity index (χ0n) is 10.8. The van der Waals surface area contributed by atoms with E-state index in [1.54, 1.807) is 10.8 Å². The molecule has 0 atom stereocenters. The number of aromatic amines is 1. The molecule has 8 nitrogen and oxygen atoms in total. The van der Waals surface area contributed by atoms with Crippen molar-refractivity contribution in [2.75, 3.05) is 11.9 Å². The standard InChI is InChI=1S/C10H9F3N6O2S/c11-10(12,13)22-9-16-8(17-18-9)15-7(20)5-3-19-1-2-21-4-6(19)14-5/h3H,1-2,4H2,(H2,15,16,17,18,20). The molecule has 0 saturated carbocycles. The van der Waals surface area contributed by atoms with Crippen LogP contribution in [0.1, 0.15) is 16.3 Å². The van der Waals surface area contributed by atoms with Crippen molar-refractivity contribution in [2.45, 2.75) is 23.8 Å². The summed E-state index contributed by atoms with van der Waals surface area (Å²) >= 11 is -0.474. The highest BCUT2D eigenvalue weighted by Gasteiger charge is 2.31. The number of carbonyl (C=O) groups is 1. The van der Waals surface area contributed by atoms with E-state index in [-0.39, 0.29) is 11.6 Å². The monoisotopic (exact) mass is 334 g/mol. The van der Waals surface area contributed by atoms with Gasteiger partial charge in [-0.3, -0.25) is 10.1 Å². The normalized spacial score (nSPS) is 14.7. The van der Waals surface area contributed by atoms with Gasteiger partial charge >= 0.3 is 5.51 Å². The number of nitrogens with one attached hydrogen (secondary N) is 2. The number of carbonyl (C=O) groups excluding carboxylic acids is 1. The van der Waals surface area contributed by atoms with Gasteiger partial charge < -0.3 is 9.30 Å². The molecule has 22 heavy (non-hydrogen) atoms. The molecule has 1 aliphatic heterocycles. The van der Waals surface area contributed by atoms with E-state index in [2.05, 4.69) is 25.5 Å². The fraction of sp³-hybridized carbons (Fsp3) is 0.400. The molecule has 0 aromatic carbocycles. The van der Waals surface area contributed by atoms with Crippen molar-refractivity contribution < 1.29 is 22.7 Å². The van der Waals surface area contributed by atoms with Crippen molar-refractivity contribution in [3.05, 3.63) is 17.7 Å². The molecule has 1 aliphatic rings. The number of H-pyrrole nitrogens is 1. The van der Waals surface area contributed by atoms with Gasteiger partial charge in [-0.1, -0.05) is 0 Å². The maximum Gasteiger partial charge on any atom is 0.449 e. The first-order valence-electron chi connectivity index (χ1n) is 6.04. The highest BCUT2D eigenvalue weighted by molar-refractivity contribution is 8.00. The zero-order chi connectivity index (χ0) is 15.7. The average molecular weight is 334 g/mol. The number of imidazole rings is 1. The predicted molar refractivity (Wildman–Crippen MR) is 68.1 cm³/mol. The van der Waals surface area contributed by atoms with E-state index in [1.807, 2.05) is 0 Å². The van der Waals surface area contributed by atoms with Crippen LogP contribution in [-0.2, 0) is 17.9 Å². The van der Waals surface area contributed by atoms with Crippen molar-refractivity contribution in [3.63, 3.8) is 0 Å². The maximum absolute atomic E-state index is 12.2. The molecule has 12 heteroatoms. The van der Waals surface area contributed by atoms with Gasteiger partial charge in [-0.25, -0.2) is 10.1 Å². The second-order valence-corrected chi connectivity index (χ2v) is 5.29. The quantitative estimate of drug-likeness (QED) is 0.824. The van der Waals surface area contributed by atoms with Gasteiger partial charge in [0.05, 0.1) is 6.61 Å². The topological polar surface area (TPSA) is 97.7 Å². The van der Waals surface area contributed by atoms with Gasteiger partial charge in [0, 0.05) is 24.5 Å². The van der Waals surface area contributed by atoms with Crippen LogP contribution in [0.2, 0.25) is 0 Å². The van der Waals surface area contributed by atoms with Crippen LogP contribution in [0.3, 0.4) is 0 Å². The first kappa shape index (κ1) is 14.8. The molecule has 0 spiro atoms. The molecule has 0 unspecified atom stereocenters. The van der Waals surface area contributed by atoms with Gasteiger partial charge in [-0.15, -0.1) is 5.10 Å². The van der Waals surface area contributed by atoms with Crippen molar-refractivity contribution in [2.24, 2.45) is 0 Å². The largest absolute Gasteiger partial charge is 0.449 e. The molecule has 0 aliphatic carbocycles. The Morgan fingerprint density at radius 3 is 3.00 bits per heavy atom. The Balaban J connectivity index is 1.68. The summed E-state index contributed by atoms with van der Waals surface area (Å²) in [6, 6.07) is 0. The zero-order valence-corrected chi connectivity index (χ0v) is 11.7. The van der Waals surface area contributed by atoms with Crippen LogP contribution < -0.4 is 5.32 Å². The molecule has 1 amide bonds. The Hall–Kier alpha value is -2.08. The second-order valence-electron chi connectivity index (χ2n) is 4.26. The molecule has 2 aromatic rings. The Morgan fingerprint density at radius 1 is 1.45 bits per heavy atom. The molecule has 3 rings (SSSR count). The first-order chi connectivity index (χ1) is 10.4. The molecule has 2 N–H and O–H groups in total. The van der Waals surface area contributed by atoms with Crippen molar-refractivity contribution in [3.8, 4) is 0 Å². The van der Waals surface area contributed by atoms with Gasteiger partial charge in [-0.05, 0) is 0 Å². The number of fused-ring (bicyclic) bond motifs is 1. The van der Waals surface area contributed by atoms with Gasteiger partial charge in [0.25, 0.3) is 5.91 Å². The van der Waals surface area contributed by atoms with Gasteiger partial charge in [-0.2, -0.15) is 18.2 Å². The Bertz CT molecular complexity index is 674. The molecule has 0 fully saturated rings. The van der Waals surface area contributed by atoms with E-state index in [1.165, 1.54) is 0 Å². The number of aromatic nitrogens is 5. The van der Waals surface area contributed by atoms with Crippen LogP contribution in [-0.4, -0.2) is 42.8 Å². The molecule has 0 radical (unpaired) electrons. The summed E-state index contributed by atoms with van der Waals surface area (Å²) in [5.74, 6) is -0.164. The number of amides is 1. The summed E-state index contributed by atoms with van der Waals surface area (Å²) in [5, 5.41) is 7.36. The van der Waals surface area contributed by atoms with Crippen LogP contribution in [0.15, 0.2) is 11.4 Å². The second kappa shape index (κ2) is 5.61. The fourth-order valence-electron chi connectivity index (χ4n) is 1.82. The molecule has 3 heterocycles. The molecular weight excluding hydrogens is 325 g/mol. The molecule has 118 valence electrons. The number of ether oxygens (including phenoxy) is 1. The summed E-state index contributed by atoms with van der Waals surface area (Å²) in [6.45, 7) is 1.43. The van der Waals surface area contributed by atoms with Crippen LogP contribution in [0.4, 0.5) is 19.1 Å². The number of alkyl halides is 3. The third-order valence-electron chi connectivity index (χ3n) is 2.70. The lowest BCUT2D eigenvalue weighted by Crippen LogP contribution is -2.15. The summed E-state index contributed by atoms with van der Waals surface area (Å²) < 4.78 is 43.5. The summed E-state index contributed by atoms with van der Waals surface area (Å²) in [4.78, 5) is 19.6. The minimum atomic E-state index is -4.49. The minimum Gasteiger partial charge on any atom is -0.372 e. The maximum atomic E-state index is 12.2. The number of hydrogen-bond acceptors (Lipinski definition) is 6. The van der Waals surface area contributed by atoms with E-state index < -0.39 is 28.3 Å². The highest BCUT2D eigenvalue weighted by Crippen LogP contribution is 2.34. The van der Waals surface area contributed by atoms with Crippen LogP contribution in [0, 0.1) is 0 Å². The van der Waals surface area contributed by atoms with E-state index in [4.69, 9.17) is 4.74 Å². The summed E-state index contributed by atoms with van der Waals surface area (Å²) in [7, 11) is 0. The predicted octanol–water partition coefficient (Wildman–Crippen LogP) is 1.40. The SMILES string of the molecule is O=C(Nc1nc(SC(F)(F)F)n[nH]1)c1cn2c(n1)COCC2. The van der Waals surface area contributed by atoms with Crippen molar-refractivity contribution in [1.82, 2.24) is 24.7 Å². The third-order valence-corrected chi connectivity index (χ3v) is 3.30. The smallest absolute Gasteiger partial charge is 0.372 e. The number of anilines is 1. The Kier molecular flexibility index (Phi) is 3.78.